The molecule has 7 nitrogen and oxygen atoms in total. The van der Waals surface area contributed by atoms with Crippen LogP contribution in [0.15, 0.2) is 48.5 Å². The van der Waals surface area contributed by atoms with E-state index in [9.17, 15) is 14.4 Å². The Labute approximate surface area is 164 Å². The van der Waals surface area contributed by atoms with Crippen molar-refractivity contribution in [3.8, 4) is 5.75 Å². The van der Waals surface area contributed by atoms with Crippen molar-refractivity contribution in [3.05, 3.63) is 59.7 Å². The molecule has 0 aromatic heterocycles. The molecule has 2 rings (SSSR count). The number of anilines is 1. The van der Waals surface area contributed by atoms with Crippen LogP contribution >= 0.6 is 0 Å². The number of nitrogens with one attached hydrogen (secondary N) is 2. The molecule has 0 aliphatic rings. The molecule has 0 bridgehead atoms. The van der Waals surface area contributed by atoms with E-state index in [0.717, 1.165) is 12.0 Å². The zero-order valence-corrected chi connectivity index (χ0v) is 16.0. The molecular weight excluding hydrogens is 360 g/mol. The van der Waals surface area contributed by atoms with Gasteiger partial charge in [-0.25, -0.2) is 0 Å². The van der Waals surface area contributed by atoms with E-state index in [1.807, 2.05) is 26.0 Å². The van der Waals surface area contributed by atoms with E-state index in [0.29, 0.717) is 23.6 Å². The van der Waals surface area contributed by atoms with Gasteiger partial charge in [0.2, 0.25) is 0 Å². The highest BCUT2D eigenvalue weighted by Crippen LogP contribution is 2.17. The molecule has 7 heteroatoms. The van der Waals surface area contributed by atoms with Gasteiger partial charge in [-0.3, -0.25) is 14.4 Å². The van der Waals surface area contributed by atoms with Gasteiger partial charge in [0.1, 0.15) is 12.3 Å². The Morgan fingerprint density at radius 1 is 0.964 bits per heavy atom. The molecule has 0 saturated carbocycles. The fourth-order valence-corrected chi connectivity index (χ4v) is 2.40. The number of esters is 1. The number of hydrogen-bond donors (Lipinski definition) is 2. The maximum Gasteiger partial charge on any atom is 0.325 e. The quantitative estimate of drug-likeness (QED) is 0.648. The number of carbonyl (C=O) groups is 3. The third-order valence-electron chi connectivity index (χ3n) is 3.84. The number of aryl methyl sites for hydroxylation is 1. The van der Waals surface area contributed by atoms with E-state index in [-0.39, 0.29) is 6.54 Å². The van der Waals surface area contributed by atoms with Crippen LogP contribution in [0.5, 0.6) is 5.75 Å². The molecule has 2 aromatic rings. The van der Waals surface area contributed by atoms with Crippen LogP contribution in [0.4, 0.5) is 5.69 Å². The summed E-state index contributed by atoms with van der Waals surface area (Å²) in [5.74, 6) is -1.19. The van der Waals surface area contributed by atoms with Crippen molar-refractivity contribution >= 4 is 23.5 Å². The van der Waals surface area contributed by atoms with Crippen LogP contribution in [0.1, 0.15) is 29.8 Å². The highest BCUT2D eigenvalue weighted by molar-refractivity contribution is 5.98. The Kier molecular flexibility index (Phi) is 8.02. The van der Waals surface area contributed by atoms with Crippen LogP contribution in [-0.4, -0.2) is 37.5 Å². The second-order valence-corrected chi connectivity index (χ2v) is 5.87. The fraction of sp³-hybridized carbons (Fsp3) is 0.286. The number of amides is 2. The Morgan fingerprint density at radius 3 is 2.36 bits per heavy atom. The smallest absolute Gasteiger partial charge is 0.325 e. The zero-order valence-electron chi connectivity index (χ0n) is 16.0. The summed E-state index contributed by atoms with van der Waals surface area (Å²) in [7, 11) is 0. The molecule has 0 radical (unpaired) electrons. The van der Waals surface area contributed by atoms with E-state index in [1.54, 1.807) is 36.4 Å². The van der Waals surface area contributed by atoms with Crippen molar-refractivity contribution in [1.82, 2.24) is 5.32 Å². The first-order valence-electron chi connectivity index (χ1n) is 9.08. The molecule has 0 heterocycles. The third-order valence-corrected chi connectivity index (χ3v) is 3.84. The van der Waals surface area contributed by atoms with Crippen molar-refractivity contribution in [1.29, 1.82) is 0 Å². The van der Waals surface area contributed by atoms with Gasteiger partial charge in [-0.15, -0.1) is 0 Å². The Bertz CT molecular complexity index is 818. The van der Waals surface area contributed by atoms with Gasteiger partial charge in [0.15, 0.2) is 6.61 Å². The predicted octanol–water partition coefficient (Wildman–Crippen LogP) is 2.56. The maximum absolute atomic E-state index is 12.2. The number of benzene rings is 2. The van der Waals surface area contributed by atoms with Crippen molar-refractivity contribution in [2.75, 3.05) is 25.1 Å². The summed E-state index contributed by atoms with van der Waals surface area (Å²) in [5.41, 5.74) is 2.11. The molecular formula is C21H24N2O5. The van der Waals surface area contributed by atoms with Gasteiger partial charge in [0, 0.05) is 5.69 Å². The van der Waals surface area contributed by atoms with Crippen LogP contribution in [0.25, 0.3) is 0 Å². The van der Waals surface area contributed by atoms with Gasteiger partial charge in [0.05, 0.1) is 12.2 Å². The number of carbonyl (C=O) groups excluding carboxylic acids is 3. The molecule has 28 heavy (non-hydrogen) atoms. The molecule has 2 amide bonds. The standard InChI is InChI=1S/C21H24N2O5/c1-3-15-9-11-16(12-10-15)23-19(24)14-28-20(25)13-22-21(26)17-7-5-6-8-18(17)27-4-2/h5-12H,3-4,13-14H2,1-2H3,(H,22,26)(H,23,24). The van der Waals surface area contributed by atoms with Gasteiger partial charge >= 0.3 is 5.97 Å². The SMILES string of the molecule is CCOc1ccccc1C(=O)NCC(=O)OCC(=O)Nc1ccc(CC)cc1. The maximum atomic E-state index is 12.2. The Balaban J connectivity index is 1.76. The first-order chi connectivity index (χ1) is 13.5. The lowest BCUT2D eigenvalue weighted by molar-refractivity contribution is -0.146. The van der Waals surface area contributed by atoms with Crippen LogP contribution in [0.3, 0.4) is 0 Å². The average Bonchev–Trinajstić information content (AvgIpc) is 2.71. The van der Waals surface area contributed by atoms with Gasteiger partial charge < -0.3 is 20.1 Å². The summed E-state index contributed by atoms with van der Waals surface area (Å²) < 4.78 is 10.3. The number of ether oxygens (including phenoxy) is 2. The van der Waals surface area contributed by atoms with E-state index in [2.05, 4.69) is 10.6 Å². The summed E-state index contributed by atoms with van der Waals surface area (Å²) in [5, 5.41) is 5.10. The minimum Gasteiger partial charge on any atom is -0.493 e. The van der Waals surface area contributed by atoms with Gasteiger partial charge in [-0.1, -0.05) is 31.2 Å². The highest BCUT2D eigenvalue weighted by Gasteiger charge is 2.14. The summed E-state index contributed by atoms with van der Waals surface area (Å²) in [6, 6.07) is 14.1. The molecule has 0 spiro atoms. The lowest BCUT2D eigenvalue weighted by atomic mass is 10.1. The summed E-state index contributed by atoms with van der Waals surface area (Å²) in [6.07, 6.45) is 0.909. The number of hydrogen-bond acceptors (Lipinski definition) is 5. The molecule has 0 fully saturated rings. The van der Waals surface area contributed by atoms with E-state index in [1.165, 1.54) is 0 Å². The Hall–Kier alpha value is -3.35. The topological polar surface area (TPSA) is 93.7 Å². The summed E-state index contributed by atoms with van der Waals surface area (Å²) in [6.45, 7) is 3.50. The third kappa shape index (κ3) is 6.42. The van der Waals surface area contributed by atoms with Crippen molar-refractivity contribution in [2.24, 2.45) is 0 Å². The minimum atomic E-state index is -0.710. The van der Waals surface area contributed by atoms with E-state index >= 15 is 0 Å². The summed E-state index contributed by atoms with van der Waals surface area (Å²) in [4.78, 5) is 35.8. The fourth-order valence-electron chi connectivity index (χ4n) is 2.40. The highest BCUT2D eigenvalue weighted by atomic mass is 16.5. The van der Waals surface area contributed by atoms with Crippen molar-refractivity contribution < 1.29 is 23.9 Å². The van der Waals surface area contributed by atoms with Crippen LogP contribution in [-0.2, 0) is 20.7 Å². The lowest BCUT2D eigenvalue weighted by Gasteiger charge is -2.10. The molecule has 2 N–H and O–H groups in total. The van der Waals surface area contributed by atoms with E-state index in [4.69, 9.17) is 9.47 Å². The molecule has 0 unspecified atom stereocenters. The monoisotopic (exact) mass is 384 g/mol. The van der Waals surface area contributed by atoms with Gasteiger partial charge in [-0.2, -0.15) is 0 Å². The predicted molar refractivity (Wildman–Crippen MR) is 105 cm³/mol. The molecule has 148 valence electrons. The molecule has 0 aliphatic heterocycles. The summed E-state index contributed by atoms with van der Waals surface area (Å²) >= 11 is 0. The minimum absolute atomic E-state index is 0.324. The second kappa shape index (κ2) is 10.7. The van der Waals surface area contributed by atoms with Crippen molar-refractivity contribution in [3.63, 3.8) is 0 Å². The largest absolute Gasteiger partial charge is 0.493 e. The normalized spacial score (nSPS) is 10.1. The van der Waals surface area contributed by atoms with Crippen LogP contribution in [0.2, 0.25) is 0 Å². The lowest BCUT2D eigenvalue weighted by Crippen LogP contribution is -2.32. The first kappa shape index (κ1) is 21.0. The van der Waals surface area contributed by atoms with Crippen LogP contribution in [0, 0.1) is 0 Å². The van der Waals surface area contributed by atoms with Gasteiger partial charge in [0.25, 0.3) is 11.8 Å². The van der Waals surface area contributed by atoms with E-state index < -0.39 is 24.4 Å². The van der Waals surface area contributed by atoms with Crippen molar-refractivity contribution in [2.45, 2.75) is 20.3 Å². The van der Waals surface area contributed by atoms with Crippen LogP contribution < -0.4 is 15.4 Å². The Morgan fingerprint density at radius 2 is 1.68 bits per heavy atom. The first-order valence-corrected chi connectivity index (χ1v) is 9.08. The molecule has 0 saturated heterocycles. The molecule has 0 atom stereocenters. The number of rotatable bonds is 9. The molecule has 2 aromatic carbocycles. The average molecular weight is 384 g/mol. The van der Waals surface area contributed by atoms with Gasteiger partial charge in [-0.05, 0) is 43.2 Å². The number of para-hydroxylation sites is 1. The zero-order chi connectivity index (χ0) is 20.4. The second-order valence-electron chi connectivity index (χ2n) is 5.87. The molecule has 0 aliphatic carbocycles.